The second-order valence-electron chi connectivity index (χ2n) is 8.22. The first-order valence-corrected chi connectivity index (χ1v) is 19.8. The van der Waals surface area contributed by atoms with Crippen LogP contribution in [0.4, 0.5) is 0 Å². The van der Waals surface area contributed by atoms with Crippen LogP contribution in [0.15, 0.2) is 0 Å². The van der Waals surface area contributed by atoms with E-state index in [1.807, 2.05) is 7.11 Å². The fraction of sp³-hybridized carbons (Fsp3) is 1.00. The van der Waals surface area contributed by atoms with Gasteiger partial charge in [-0.15, -0.1) is 0 Å². The van der Waals surface area contributed by atoms with Crippen molar-refractivity contribution >= 4 is 27.6 Å². The first-order chi connectivity index (χ1) is 10.2. The van der Waals surface area contributed by atoms with Gasteiger partial charge in [0.2, 0.25) is 0 Å². The molecule has 0 unspecified atom stereocenters. The molecular formula is C19H46OSiSn. The summed E-state index contributed by atoms with van der Waals surface area (Å²) >= 11 is -2.12. The van der Waals surface area contributed by atoms with E-state index in [0.29, 0.717) is 5.04 Å². The van der Waals surface area contributed by atoms with Gasteiger partial charge in [-0.05, 0) is 5.04 Å². The monoisotopic (exact) mass is 438 g/mol. The van der Waals surface area contributed by atoms with Gasteiger partial charge in [-0.1, -0.05) is 33.9 Å². The van der Waals surface area contributed by atoms with Crippen LogP contribution >= 0.6 is 0 Å². The first kappa shape index (κ1) is 25.2. The van der Waals surface area contributed by atoms with E-state index in [0.717, 1.165) is 0 Å². The molecule has 0 aromatic heterocycles. The van der Waals surface area contributed by atoms with Crippen molar-refractivity contribution in [3.05, 3.63) is 0 Å². The molecular weight excluding hydrogens is 391 g/mol. The van der Waals surface area contributed by atoms with Crippen LogP contribution in [0.3, 0.4) is 0 Å². The summed E-state index contributed by atoms with van der Waals surface area (Å²) in [6.45, 7) is 18.6. The molecule has 22 heavy (non-hydrogen) atoms. The van der Waals surface area contributed by atoms with Crippen molar-refractivity contribution in [3.63, 3.8) is 0 Å². The van der Waals surface area contributed by atoms with Gasteiger partial charge in [0.15, 0.2) is 0 Å². The van der Waals surface area contributed by atoms with E-state index < -0.39 is 18.8 Å². The second-order valence-corrected chi connectivity index (χ2v) is 24.5. The van der Waals surface area contributed by atoms with Crippen molar-refractivity contribution in [2.45, 2.75) is 112 Å². The zero-order valence-corrected chi connectivity index (χ0v) is 21.4. The first-order valence-electron chi connectivity index (χ1n) is 9.74. The van der Waals surface area contributed by atoms with Crippen LogP contribution in [0.2, 0.25) is 31.4 Å². The Morgan fingerprint density at radius 1 is 0.773 bits per heavy atom. The third-order valence-corrected chi connectivity index (χ3v) is 21.9. The van der Waals surface area contributed by atoms with Gasteiger partial charge in [0.05, 0.1) is 0 Å². The van der Waals surface area contributed by atoms with E-state index in [1.165, 1.54) is 51.8 Å². The maximum absolute atomic E-state index is 6.05. The summed E-state index contributed by atoms with van der Waals surface area (Å²) in [7, 11) is 1.64. The Labute approximate surface area is 149 Å². The summed E-state index contributed by atoms with van der Waals surface area (Å²) in [6, 6.07) is 0. The fourth-order valence-corrected chi connectivity index (χ4v) is 14.6. The fourth-order valence-electron chi connectivity index (χ4n) is 2.18. The molecule has 0 N–H and O–H groups in total. The maximum atomic E-state index is 6.05. The summed E-state index contributed by atoms with van der Waals surface area (Å²) in [4.78, 5) is 0. The standard InChI is InChI=1S/C6H16Si.3C4H9.CH3O.Sn/c1-6(2,3)7(4)5;3*1-3-4-2;1-2;/h7H,1-5H3;3*1,3-4H2,2H3;1H3;/q;;;;-1;+1. The van der Waals surface area contributed by atoms with Crippen LogP contribution in [0.25, 0.3) is 0 Å². The van der Waals surface area contributed by atoms with Crippen LogP contribution in [0.1, 0.15) is 80.1 Å². The van der Waals surface area contributed by atoms with Crippen LogP contribution in [0, 0.1) is 0 Å². The zero-order chi connectivity index (χ0) is 17.6. The Hall–Kier alpha value is 0.976. The van der Waals surface area contributed by atoms with Crippen LogP contribution in [-0.4, -0.2) is 34.7 Å². The molecule has 0 fully saturated rings. The molecule has 0 rings (SSSR count). The molecule has 0 aromatic carbocycles. The summed E-state index contributed by atoms with van der Waals surface area (Å²) < 4.78 is 10.4. The van der Waals surface area contributed by atoms with E-state index in [-0.39, 0.29) is 8.80 Å². The summed E-state index contributed by atoms with van der Waals surface area (Å²) in [5.41, 5.74) is 0. The van der Waals surface area contributed by atoms with Crippen molar-refractivity contribution in [1.82, 2.24) is 0 Å². The summed E-state index contributed by atoms with van der Waals surface area (Å²) in [5.74, 6) is 0. The maximum Gasteiger partial charge on any atom is 0.0361 e. The number of rotatable bonds is 10. The van der Waals surface area contributed by atoms with Crippen molar-refractivity contribution < 1.29 is 3.07 Å². The average Bonchev–Trinajstić information content (AvgIpc) is 2.47. The van der Waals surface area contributed by atoms with Gasteiger partial charge in [0, 0.05) is 8.80 Å². The smallest absolute Gasteiger partial charge is 0.0361 e. The Kier molecular flexibility index (Phi) is 16.4. The molecule has 0 heterocycles. The van der Waals surface area contributed by atoms with Gasteiger partial charge in [-0.3, -0.25) is 0 Å². The Bertz CT molecular complexity index is 214. The van der Waals surface area contributed by atoms with Crippen LogP contribution < -0.4 is 0 Å². The molecule has 0 saturated carbocycles. The van der Waals surface area contributed by atoms with Crippen LogP contribution in [-0.2, 0) is 3.07 Å². The van der Waals surface area contributed by atoms with E-state index >= 15 is 0 Å². The largest absolute Gasteiger partial charge is 0.0718 e. The molecule has 1 nitrogen and oxygen atoms in total. The molecule has 0 amide bonds. The Morgan fingerprint density at radius 3 is 1.18 bits per heavy atom. The van der Waals surface area contributed by atoms with E-state index in [4.69, 9.17) is 3.07 Å². The van der Waals surface area contributed by atoms with Crippen molar-refractivity contribution in [3.8, 4) is 0 Å². The predicted molar refractivity (Wildman–Crippen MR) is 111 cm³/mol. The molecule has 0 radical (unpaired) electrons. The van der Waals surface area contributed by atoms with Gasteiger partial charge >= 0.3 is 102 Å². The van der Waals surface area contributed by atoms with Gasteiger partial charge in [-0.2, -0.15) is 0 Å². The van der Waals surface area contributed by atoms with Crippen molar-refractivity contribution in [2.75, 3.05) is 7.11 Å². The minimum atomic E-state index is -2.12. The molecule has 0 saturated heterocycles. The van der Waals surface area contributed by atoms with E-state index in [1.54, 1.807) is 0 Å². The van der Waals surface area contributed by atoms with Gasteiger partial charge in [0.1, 0.15) is 0 Å². The van der Waals surface area contributed by atoms with E-state index in [2.05, 4.69) is 54.6 Å². The van der Waals surface area contributed by atoms with Crippen LogP contribution in [0.5, 0.6) is 0 Å². The quantitative estimate of drug-likeness (QED) is 0.327. The summed E-state index contributed by atoms with van der Waals surface area (Å²) in [5, 5.41) is 0.639. The predicted octanol–water partition coefficient (Wildman–Crippen LogP) is 7.25. The molecule has 0 bridgehead atoms. The van der Waals surface area contributed by atoms with Crippen molar-refractivity contribution in [1.29, 1.82) is 0 Å². The number of unbranched alkanes of at least 4 members (excludes halogenated alkanes) is 3. The molecule has 0 aliphatic rings. The molecule has 0 aromatic rings. The van der Waals surface area contributed by atoms with E-state index in [9.17, 15) is 0 Å². The third-order valence-electron chi connectivity index (χ3n) is 5.12. The molecule has 0 atom stereocenters. The zero-order valence-electron chi connectivity index (χ0n) is 17.3. The number of hydrogen-bond acceptors (Lipinski definition) is 1. The molecule has 0 aliphatic carbocycles. The molecule has 0 aliphatic heterocycles. The van der Waals surface area contributed by atoms with Gasteiger partial charge < -0.3 is 0 Å². The second kappa shape index (κ2) is 14.3. The molecule has 0 spiro atoms. The number of hydrogen-bond donors (Lipinski definition) is 0. The SMILES string of the molecule is CCC[CH2][Sn]([CH2]CCC)([CH2]CCC)[O]C.C[SiH](C)C(C)(C)C. The molecule has 136 valence electrons. The topological polar surface area (TPSA) is 9.23 Å². The Balaban J connectivity index is 0. The molecule has 3 heteroatoms. The Morgan fingerprint density at radius 2 is 1.05 bits per heavy atom. The van der Waals surface area contributed by atoms with Crippen molar-refractivity contribution in [2.24, 2.45) is 0 Å². The average molecular weight is 437 g/mol. The minimum absolute atomic E-state index is 0.359. The minimum Gasteiger partial charge on any atom is -0.0718 e. The third kappa shape index (κ3) is 13.4. The van der Waals surface area contributed by atoms with Gasteiger partial charge in [-0.25, -0.2) is 0 Å². The normalized spacial score (nSPS) is 12.3. The van der Waals surface area contributed by atoms with Gasteiger partial charge in [0.25, 0.3) is 0 Å². The summed E-state index contributed by atoms with van der Waals surface area (Å²) in [6.07, 6.45) is 8.20.